The molecule has 0 radical (unpaired) electrons. The van der Waals surface area contributed by atoms with Crippen molar-refractivity contribution in [2.24, 2.45) is 0 Å². The van der Waals surface area contributed by atoms with Gasteiger partial charge < -0.3 is 9.47 Å². The monoisotopic (exact) mass is 754 g/mol. The number of rotatable bonds is 12. The van der Waals surface area contributed by atoms with Gasteiger partial charge >= 0.3 is 247 Å². The van der Waals surface area contributed by atoms with Crippen molar-refractivity contribution in [3.63, 3.8) is 0 Å². The molecule has 10 aliphatic heterocycles. The number of fused-ring (bicyclic) bond motifs is 10. The van der Waals surface area contributed by atoms with E-state index < -0.39 is 27.1 Å². The Balaban J connectivity index is 0.690. The summed E-state index contributed by atoms with van der Waals surface area (Å²) in [5.41, 5.74) is 0.687. The van der Waals surface area contributed by atoms with E-state index in [4.69, 9.17) is 28.4 Å². The zero-order chi connectivity index (χ0) is 35.8. The first kappa shape index (κ1) is 28.4. The van der Waals surface area contributed by atoms with Crippen LogP contribution in [-0.4, -0.2) is 37.1 Å². The number of carbonyl (C=O) groups is 4. The van der Waals surface area contributed by atoms with Crippen LogP contribution in [0.4, 0.5) is 0 Å². The number of hydrogen-bond donors (Lipinski definition) is 0. The Hall–Kier alpha value is -5.12. The second kappa shape index (κ2) is 5.34. The van der Waals surface area contributed by atoms with Crippen molar-refractivity contribution in [3.8, 4) is 34.5 Å². The van der Waals surface area contributed by atoms with Gasteiger partial charge in [0.15, 0.2) is 0 Å². The second-order valence-electron chi connectivity index (χ2n) is 18.2. The Morgan fingerprint density at radius 2 is 0.736 bits per heavy atom. The fourth-order valence-electron chi connectivity index (χ4n) is 21.2. The molecule has 4 aromatic carbocycles. The molecule has 10 saturated heterocycles. The first-order chi connectivity index (χ1) is 25.5. The van der Waals surface area contributed by atoms with E-state index in [-0.39, 0.29) is 11.9 Å². The molecular weight excluding hydrogens is 720 g/mol. The first-order valence-corrected chi connectivity index (χ1v) is 24.5. The quantitative estimate of drug-likeness (QED) is 0.0790. The molecule has 10 fully saturated rings. The Kier molecular flexibility index (Phi) is 2.86. The van der Waals surface area contributed by atoms with Gasteiger partial charge in [0.25, 0.3) is 0 Å². The Morgan fingerprint density at radius 3 is 1.04 bits per heavy atom. The van der Waals surface area contributed by atoms with E-state index in [2.05, 4.69) is 0 Å². The Bertz CT molecular complexity index is 2620. The van der Waals surface area contributed by atoms with Gasteiger partial charge in [0.2, 0.25) is 0 Å². The van der Waals surface area contributed by atoms with Crippen LogP contribution in [0, 0.1) is 0 Å². The summed E-state index contributed by atoms with van der Waals surface area (Å²) in [6, 6.07) is 26.8. The van der Waals surface area contributed by atoms with Crippen LogP contribution in [0.15, 0.2) is 97.1 Å². The first-order valence-electron chi connectivity index (χ1n) is 18.3. The van der Waals surface area contributed by atoms with E-state index in [1.807, 2.05) is 13.8 Å². The summed E-state index contributed by atoms with van der Waals surface area (Å²) in [5, 5.41) is 0. The summed E-state index contributed by atoms with van der Waals surface area (Å²) in [7, 11) is 0. The molecule has 270 valence electrons. The molecule has 0 aliphatic carbocycles. The summed E-state index contributed by atoms with van der Waals surface area (Å²) >= 11 is 0. The van der Waals surface area contributed by atoms with Crippen LogP contribution < -0.4 is 28.4 Å². The number of hydrogen-bond acceptors (Lipinski definition) is 10. The number of esters is 4. The molecule has 8 atom stereocenters. The number of carbonyl (C=O) groups excluding carboxylic acids is 4. The molecule has 0 saturated carbocycles. The number of benzene rings is 4. The van der Waals surface area contributed by atoms with Crippen molar-refractivity contribution >= 4 is 23.9 Å². The van der Waals surface area contributed by atoms with Gasteiger partial charge in [-0.05, 0) is 13.8 Å². The molecule has 4 aromatic rings. The summed E-state index contributed by atoms with van der Waals surface area (Å²) in [6.07, 6.45) is 0. The van der Waals surface area contributed by atoms with Crippen molar-refractivity contribution in [1.82, 2.24) is 0 Å². The van der Waals surface area contributed by atoms with Crippen LogP contribution in [0.25, 0.3) is 0 Å². The van der Waals surface area contributed by atoms with Gasteiger partial charge in [-0.25, -0.2) is 0 Å². The van der Waals surface area contributed by atoms with E-state index in [1.165, 1.54) is 0 Å². The zero-order valence-electron chi connectivity index (χ0n) is 28.7. The maximum absolute atomic E-state index is 14.4. The SMILES string of the molecule is CCOc1ccc(OC(=O)c2ccc(OC(=O)[C]34[CH]5[CH]6[CH]7[CH]3[Fe]6754389%10[CH]4[CH]3[CH]8[C]9(C(=O)Oc3ccc(C(=O)Oc5ccc(OCC)cc5)cc3)[CH]4%10)cc2)cc1. The molecule has 14 rings (SSSR count). The van der Waals surface area contributed by atoms with Gasteiger partial charge in [-0.2, -0.15) is 0 Å². The van der Waals surface area contributed by atoms with Gasteiger partial charge in [0.05, 0.1) is 13.2 Å². The Labute approximate surface area is 293 Å². The molecule has 0 N–H and O–H groups in total. The van der Waals surface area contributed by atoms with Crippen LogP contribution in [0.5, 0.6) is 34.5 Å². The van der Waals surface area contributed by atoms with Crippen LogP contribution in [0.3, 0.4) is 0 Å². The molecule has 10 heterocycles. The molecular formula is C42H34FeO10. The summed E-state index contributed by atoms with van der Waals surface area (Å²) < 4.78 is 33.5. The average molecular weight is 755 g/mol. The zero-order valence-corrected chi connectivity index (χ0v) is 29.8. The third-order valence-corrected chi connectivity index (χ3v) is 63.3. The van der Waals surface area contributed by atoms with Gasteiger partial charge in [-0.15, -0.1) is 0 Å². The fraction of sp³-hybridized carbons (Fsp3) is 0.333. The van der Waals surface area contributed by atoms with Gasteiger partial charge in [0.1, 0.15) is 11.5 Å². The second-order valence-corrected chi connectivity index (χ2v) is 41.4. The van der Waals surface area contributed by atoms with Crippen molar-refractivity contribution < 1.29 is 54.1 Å². The normalized spacial score (nSPS) is 46.8. The van der Waals surface area contributed by atoms with E-state index in [0.29, 0.717) is 97.4 Å². The molecule has 53 heavy (non-hydrogen) atoms. The minimum atomic E-state index is -4.67. The predicted molar refractivity (Wildman–Crippen MR) is 185 cm³/mol. The van der Waals surface area contributed by atoms with Crippen molar-refractivity contribution in [2.45, 2.75) is 61.0 Å². The summed E-state index contributed by atoms with van der Waals surface area (Å²) in [5.74, 6) is 1.73. The maximum atomic E-state index is 14.4. The summed E-state index contributed by atoms with van der Waals surface area (Å²) in [4.78, 5) is 58.6. The topological polar surface area (TPSA) is 124 Å². The van der Waals surface area contributed by atoms with Gasteiger partial charge in [-0.3, -0.25) is 0 Å². The molecule has 1 spiro atoms. The standard InChI is InChI=1S/2C21H17O5.Fe/c2*1-2-24-17-11-13-19(14-12-17)26-21(23)16-7-9-18(10-8-16)25-20(22)15-5-3-4-6-15;/h2*3-14H,2H2,1H3;. The average Bonchev–Trinajstić information content (AvgIpc) is 4.12. The third-order valence-electron chi connectivity index (χ3n) is 20.7. The molecule has 0 amide bonds. The van der Waals surface area contributed by atoms with E-state index >= 15 is 0 Å². The Morgan fingerprint density at radius 1 is 0.453 bits per heavy atom. The van der Waals surface area contributed by atoms with Gasteiger partial charge in [0, 0.05) is 0 Å². The predicted octanol–water partition coefficient (Wildman–Crippen LogP) is 8.56. The third kappa shape index (κ3) is 1.03. The van der Waals surface area contributed by atoms with E-state index in [9.17, 15) is 19.2 Å². The van der Waals surface area contributed by atoms with E-state index in [0.717, 1.165) is 0 Å². The molecule has 8 unspecified atom stereocenters. The molecule has 10 aliphatic rings. The van der Waals surface area contributed by atoms with Crippen molar-refractivity contribution in [1.29, 1.82) is 0 Å². The summed E-state index contributed by atoms with van der Waals surface area (Å²) in [6.45, 7) is 0.227. The molecule has 0 bridgehead atoms. The molecule has 10 nitrogen and oxygen atoms in total. The van der Waals surface area contributed by atoms with Crippen molar-refractivity contribution in [3.05, 3.63) is 108 Å². The van der Waals surface area contributed by atoms with Crippen LogP contribution >= 0.6 is 0 Å². The van der Waals surface area contributed by atoms with Crippen LogP contribution in [-0.2, 0) is 16.1 Å². The van der Waals surface area contributed by atoms with Crippen LogP contribution in [0.1, 0.15) is 34.6 Å². The molecule has 0 aromatic heterocycles. The van der Waals surface area contributed by atoms with Gasteiger partial charge in [-0.1, -0.05) is 0 Å². The van der Waals surface area contributed by atoms with Crippen LogP contribution in [0.2, 0.25) is 47.2 Å². The minimum absolute atomic E-state index is 0.128. The molecule has 11 heteroatoms. The van der Waals surface area contributed by atoms with E-state index in [1.54, 1.807) is 97.1 Å². The van der Waals surface area contributed by atoms with Crippen molar-refractivity contribution in [2.75, 3.05) is 13.2 Å². The fourth-order valence-corrected chi connectivity index (χ4v) is 96.1. The number of ether oxygens (including phenoxy) is 6.